The van der Waals surface area contributed by atoms with Crippen molar-refractivity contribution in [1.29, 1.82) is 0 Å². The van der Waals surface area contributed by atoms with Crippen LogP contribution in [0.3, 0.4) is 0 Å². The van der Waals surface area contributed by atoms with Gasteiger partial charge in [0.25, 0.3) is 0 Å². The van der Waals surface area contributed by atoms with Gasteiger partial charge in [0.15, 0.2) is 9.84 Å². The zero-order valence-corrected chi connectivity index (χ0v) is 18.3. The molecule has 0 aliphatic carbocycles. The van der Waals surface area contributed by atoms with E-state index in [4.69, 9.17) is 4.74 Å². The summed E-state index contributed by atoms with van der Waals surface area (Å²) in [6.07, 6.45) is 5.62. The minimum atomic E-state index is -3.20. The monoisotopic (exact) mass is 438 g/mol. The number of para-hydroxylation sites is 1. The van der Waals surface area contributed by atoms with Gasteiger partial charge >= 0.3 is 0 Å². The smallest absolute Gasteiger partial charge is 0.222 e. The normalized spacial score (nSPS) is 15.2. The van der Waals surface area contributed by atoms with Crippen LogP contribution in [0, 0.1) is 0 Å². The number of nitrogens with zero attached hydrogens (tertiary/aromatic N) is 2. The zero-order chi connectivity index (χ0) is 21.8. The van der Waals surface area contributed by atoms with E-state index in [2.05, 4.69) is 4.98 Å². The fourth-order valence-electron chi connectivity index (χ4n) is 3.89. The van der Waals surface area contributed by atoms with E-state index in [0.717, 1.165) is 35.1 Å². The molecule has 1 aliphatic rings. The van der Waals surface area contributed by atoms with Gasteiger partial charge in [0, 0.05) is 50.2 Å². The summed E-state index contributed by atoms with van der Waals surface area (Å²) in [5.41, 5.74) is 1.83. The highest BCUT2D eigenvalue weighted by molar-refractivity contribution is 7.90. The Balaban J connectivity index is 1.28. The first kappa shape index (κ1) is 21.3. The summed E-state index contributed by atoms with van der Waals surface area (Å²) in [5.74, 6) is 0.915. The van der Waals surface area contributed by atoms with Crippen molar-refractivity contribution in [2.24, 2.45) is 0 Å². The summed E-state index contributed by atoms with van der Waals surface area (Å²) in [7, 11) is -3.20. The van der Waals surface area contributed by atoms with Crippen LogP contribution in [-0.4, -0.2) is 49.7 Å². The molecule has 0 radical (unpaired) electrons. The van der Waals surface area contributed by atoms with Gasteiger partial charge in [0.2, 0.25) is 5.91 Å². The fraction of sp³-hybridized carbons (Fsp3) is 0.333. The van der Waals surface area contributed by atoms with E-state index in [-0.39, 0.29) is 12.0 Å². The number of piperidine rings is 1. The Kier molecular flexibility index (Phi) is 6.23. The molecule has 2 heterocycles. The largest absolute Gasteiger partial charge is 0.488 e. The van der Waals surface area contributed by atoms with Crippen molar-refractivity contribution in [3.63, 3.8) is 0 Å². The van der Waals surface area contributed by atoms with Crippen LogP contribution in [-0.2, 0) is 21.1 Å². The topological polar surface area (TPSA) is 76.6 Å². The van der Waals surface area contributed by atoms with Crippen LogP contribution in [0.15, 0.2) is 65.7 Å². The molecule has 0 atom stereocenters. The third kappa shape index (κ3) is 5.22. The molecule has 4 rings (SSSR count). The summed E-state index contributed by atoms with van der Waals surface area (Å²) in [6, 6.07) is 16.6. The number of aromatic nitrogens is 1. The van der Waals surface area contributed by atoms with Crippen LogP contribution in [0.5, 0.6) is 5.75 Å². The lowest BCUT2D eigenvalue weighted by Gasteiger charge is -2.32. The SMILES string of the molecule is CS(=O)(=O)c1ccc(CCC(=O)N2CCC(Oc3cccc4cccnc34)CC2)cc1. The van der Waals surface area contributed by atoms with Crippen molar-refractivity contribution in [2.75, 3.05) is 19.3 Å². The Morgan fingerprint density at radius 2 is 1.77 bits per heavy atom. The fourth-order valence-corrected chi connectivity index (χ4v) is 4.52. The second-order valence-corrected chi connectivity index (χ2v) is 9.96. The molecular weight excluding hydrogens is 412 g/mol. The van der Waals surface area contributed by atoms with Gasteiger partial charge in [-0.1, -0.05) is 30.3 Å². The van der Waals surface area contributed by atoms with Crippen LogP contribution < -0.4 is 4.74 Å². The van der Waals surface area contributed by atoms with Gasteiger partial charge < -0.3 is 9.64 Å². The number of hydrogen-bond acceptors (Lipinski definition) is 5. The highest BCUT2D eigenvalue weighted by Gasteiger charge is 2.24. The van der Waals surface area contributed by atoms with Crippen molar-refractivity contribution in [3.8, 4) is 5.75 Å². The number of benzene rings is 2. The number of sulfone groups is 1. The van der Waals surface area contributed by atoms with Crippen molar-refractivity contribution in [3.05, 3.63) is 66.4 Å². The van der Waals surface area contributed by atoms with E-state index in [1.165, 1.54) is 6.26 Å². The predicted octanol–water partition coefficient (Wildman–Crippen LogP) is 3.64. The summed E-state index contributed by atoms with van der Waals surface area (Å²) in [6.45, 7) is 1.35. The van der Waals surface area contributed by atoms with Crippen molar-refractivity contribution < 1.29 is 17.9 Å². The molecule has 1 saturated heterocycles. The van der Waals surface area contributed by atoms with E-state index in [0.29, 0.717) is 30.8 Å². The molecule has 0 N–H and O–H groups in total. The molecule has 1 fully saturated rings. The molecule has 0 saturated carbocycles. The molecule has 1 amide bonds. The summed E-state index contributed by atoms with van der Waals surface area (Å²) < 4.78 is 29.3. The molecule has 2 aromatic carbocycles. The van der Waals surface area contributed by atoms with Gasteiger partial charge in [0.05, 0.1) is 4.90 Å². The summed E-state index contributed by atoms with van der Waals surface area (Å²) in [5, 5.41) is 1.05. The average Bonchev–Trinajstić information content (AvgIpc) is 2.78. The van der Waals surface area contributed by atoms with E-state index in [9.17, 15) is 13.2 Å². The number of amides is 1. The first-order valence-electron chi connectivity index (χ1n) is 10.5. The molecule has 7 heteroatoms. The lowest BCUT2D eigenvalue weighted by molar-refractivity contribution is -0.132. The highest BCUT2D eigenvalue weighted by Crippen LogP contribution is 2.26. The van der Waals surface area contributed by atoms with Gasteiger partial charge in [0.1, 0.15) is 17.4 Å². The van der Waals surface area contributed by atoms with Crippen molar-refractivity contribution in [1.82, 2.24) is 9.88 Å². The Labute approximate surface area is 182 Å². The molecule has 162 valence electrons. The molecule has 0 spiro atoms. The number of aryl methyl sites for hydroxylation is 1. The van der Waals surface area contributed by atoms with E-state index < -0.39 is 9.84 Å². The quantitative estimate of drug-likeness (QED) is 0.587. The van der Waals surface area contributed by atoms with Gasteiger partial charge in [-0.05, 0) is 36.2 Å². The first-order chi connectivity index (χ1) is 14.9. The lowest BCUT2D eigenvalue weighted by atomic mass is 10.1. The molecule has 1 aromatic heterocycles. The van der Waals surface area contributed by atoms with Crippen molar-refractivity contribution in [2.45, 2.75) is 36.7 Å². The summed E-state index contributed by atoms with van der Waals surface area (Å²) >= 11 is 0. The second-order valence-electron chi connectivity index (χ2n) is 7.95. The Morgan fingerprint density at radius 3 is 2.48 bits per heavy atom. The molecule has 0 unspecified atom stereocenters. The standard InChI is InChI=1S/C24H26N2O4S/c1-31(28,29)21-10-7-18(8-11-21)9-12-23(27)26-16-13-20(14-17-26)30-22-6-2-4-19-5-3-15-25-24(19)22/h2-8,10-11,15,20H,9,12-14,16-17H2,1H3. The average molecular weight is 439 g/mol. The van der Waals surface area contributed by atoms with E-state index >= 15 is 0 Å². The maximum Gasteiger partial charge on any atom is 0.222 e. The predicted molar refractivity (Wildman–Crippen MR) is 120 cm³/mol. The van der Waals surface area contributed by atoms with Crippen LogP contribution >= 0.6 is 0 Å². The maximum absolute atomic E-state index is 12.6. The number of rotatable bonds is 6. The van der Waals surface area contributed by atoms with Gasteiger partial charge in [-0.3, -0.25) is 9.78 Å². The number of fused-ring (bicyclic) bond motifs is 1. The molecular formula is C24H26N2O4S. The van der Waals surface area contributed by atoms with Crippen molar-refractivity contribution >= 4 is 26.6 Å². The number of carbonyl (C=O) groups is 1. The Bertz CT molecular complexity index is 1160. The Morgan fingerprint density at radius 1 is 1.06 bits per heavy atom. The minimum Gasteiger partial charge on any atom is -0.488 e. The van der Waals surface area contributed by atoms with Crippen LogP contribution in [0.1, 0.15) is 24.8 Å². The van der Waals surface area contributed by atoms with Crippen LogP contribution in [0.4, 0.5) is 0 Å². The van der Waals surface area contributed by atoms with Crippen LogP contribution in [0.2, 0.25) is 0 Å². The number of pyridine rings is 1. The maximum atomic E-state index is 12.6. The van der Waals surface area contributed by atoms with E-state index in [1.807, 2.05) is 35.2 Å². The Hall–Kier alpha value is -2.93. The highest BCUT2D eigenvalue weighted by atomic mass is 32.2. The van der Waals surface area contributed by atoms with Crippen LogP contribution in [0.25, 0.3) is 10.9 Å². The molecule has 6 nitrogen and oxygen atoms in total. The second kappa shape index (κ2) is 9.06. The zero-order valence-electron chi connectivity index (χ0n) is 17.5. The van der Waals surface area contributed by atoms with Gasteiger partial charge in [-0.15, -0.1) is 0 Å². The third-order valence-electron chi connectivity index (χ3n) is 5.66. The minimum absolute atomic E-state index is 0.0696. The molecule has 3 aromatic rings. The van der Waals surface area contributed by atoms with Gasteiger partial charge in [-0.2, -0.15) is 0 Å². The molecule has 1 aliphatic heterocycles. The van der Waals surface area contributed by atoms with Gasteiger partial charge in [-0.25, -0.2) is 8.42 Å². The molecule has 0 bridgehead atoms. The molecule has 31 heavy (non-hydrogen) atoms. The number of likely N-dealkylation sites (tertiary alicyclic amines) is 1. The first-order valence-corrected chi connectivity index (χ1v) is 12.4. The number of carbonyl (C=O) groups excluding carboxylic acids is 1. The number of ether oxygens (including phenoxy) is 1. The lowest BCUT2D eigenvalue weighted by Crippen LogP contribution is -2.41. The summed E-state index contributed by atoms with van der Waals surface area (Å²) in [4.78, 5) is 19.2. The number of hydrogen-bond donors (Lipinski definition) is 0. The van der Waals surface area contributed by atoms with E-state index in [1.54, 1.807) is 30.5 Å². The third-order valence-corrected chi connectivity index (χ3v) is 6.79.